The van der Waals surface area contributed by atoms with Crippen molar-refractivity contribution in [3.05, 3.63) is 29.9 Å². The molecule has 31 heavy (non-hydrogen) atoms. The number of hydrogen-bond donors (Lipinski definition) is 1. The highest BCUT2D eigenvalue weighted by atomic mass is 16.5. The van der Waals surface area contributed by atoms with Crippen LogP contribution in [0.25, 0.3) is 11.0 Å². The molecule has 5 nitrogen and oxygen atoms in total. The Labute approximate surface area is 188 Å². The van der Waals surface area contributed by atoms with Crippen molar-refractivity contribution < 1.29 is 9.53 Å². The fraction of sp³-hybridized carbons (Fsp3) is 0.692. The number of carbonyl (C=O) groups is 1. The van der Waals surface area contributed by atoms with E-state index in [1.807, 2.05) is 28.8 Å². The van der Waals surface area contributed by atoms with E-state index in [-0.39, 0.29) is 12.5 Å². The summed E-state index contributed by atoms with van der Waals surface area (Å²) < 4.78 is 8.57. The Morgan fingerprint density at radius 2 is 1.23 bits per heavy atom. The van der Waals surface area contributed by atoms with Gasteiger partial charge in [0.15, 0.2) is 0 Å². The molecule has 1 aromatic carbocycles. The summed E-state index contributed by atoms with van der Waals surface area (Å²) in [6.45, 7) is 3.19. The van der Waals surface area contributed by atoms with Gasteiger partial charge in [-0.15, -0.1) is 0 Å². The number of carbonyl (C=O) groups excluding carboxylic acids is 1. The predicted molar refractivity (Wildman–Crippen MR) is 128 cm³/mol. The first-order chi connectivity index (χ1) is 15.2. The van der Waals surface area contributed by atoms with Gasteiger partial charge in [0.05, 0.1) is 18.1 Å². The molecule has 0 aliphatic rings. The fourth-order valence-corrected chi connectivity index (χ4v) is 4.34. The van der Waals surface area contributed by atoms with Crippen molar-refractivity contribution in [1.29, 1.82) is 5.41 Å². The van der Waals surface area contributed by atoms with Crippen LogP contribution in [0.4, 0.5) is 0 Å². The highest BCUT2D eigenvalue weighted by Gasteiger charge is 2.13. The maximum absolute atomic E-state index is 11.7. The second-order valence-corrected chi connectivity index (χ2v) is 8.72. The number of ether oxygens (including phenoxy) is 1. The van der Waals surface area contributed by atoms with Crippen LogP contribution < -0.4 is 5.62 Å². The average molecular weight is 430 g/mol. The largest absolute Gasteiger partial charge is 0.468 e. The molecule has 1 N–H and O–H groups in total. The van der Waals surface area contributed by atoms with Gasteiger partial charge < -0.3 is 9.30 Å². The van der Waals surface area contributed by atoms with Gasteiger partial charge in [-0.1, -0.05) is 103 Å². The summed E-state index contributed by atoms with van der Waals surface area (Å²) in [6.07, 6.45) is 18.8. The Morgan fingerprint density at radius 3 is 1.71 bits per heavy atom. The van der Waals surface area contributed by atoms with Gasteiger partial charge in [0.25, 0.3) is 0 Å². The number of benzene rings is 1. The quantitative estimate of drug-likeness (QED) is 0.228. The third-order valence-electron chi connectivity index (χ3n) is 6.22. The molecule has 0 saturated heterocycles. The maximum atomic E-state index is 11.7. The van der Waals surface area contributed by atoms with Gasteiger partial charge in [-0.05, 0) is 18.6 Å². The lowest BCUT2D eigenvalue weighted by molar-refractivity contribution is -0.141. The number of nitrogens with one attached hydrogen (secondary N) is 1. The van der Waals surface area contributed by atoms with Crippen molar-refractivity contribution in [1.82, 2.24) is 9.13 Å². The molecule has 0 saturated carbocycles. The number of imidazole rings is 1. The molecule has 0 radical (unpaired) electrons. The lowest BCUT2D eigenvalue weighted by atomic mass is 10.0. The third kappa shape index (κ3) is 8.54. The van der Waals surface area contributed by atoms with Gasteiger partial charge in [-0.3, -0.25) is 14.8 Å². The van der Waals surface area contributed by atoms with E-state index in [4.69, 9.17) is 10.1 Å². The summed E-state index contributed by atoms with van der Waals surface area (Å²) in [7, 11) is 1.39. The number of esters is 1. The van der Waals surface area contributed by atoms with E-state index in [1.165, 1.54) is 90.6 Å². The Kier molecular flexibility index (Phi) is 12.1. The van der Waals surface area contributed by atoms with Gasteiger partial charge in [0.1, 0.15) is 6.54 Å². The number of methoxy groups -OCH3 is 1. The molecule has 1 heterocycles. The van der Waals surface area contributed by atoms with Crippen LogP contribution >= 0.6 is 0 Å². The molecular weight excluding hydrogens is 386 g/mol. The number of fused-ring (bicyclic) bond motifs is 1. The van der Waals surface area contributed by atoms with Gasteiger partial charge in [-0.2, -0.15) is 0 Å². The number of aromatic nitrogens is 2. The van der Waals surface area contributed by atoms with Gasteiger partial charge in [0.2, 0.25) is 5.62 Å². The molecule has 0 fully saturated rings. The SMILES string of the molecule is CCCCCCCCCCCCCCCCn1c(=N)n(CC(=O)OC)c2ccccc21. The van der Waals surface area contributed by atoms with Crippen LogP contribution in [0.15, 0.2) is 24.3 Å². The van der Waals surface area contributed by atoms with Crippen LogP contribution in [-0.4, -0.2) is 22.2 Å². The molecule has 2 aromatic rings. The average Bonchev–Trinajstić information content (AvgIpc) is 3.05. The first-order valence-electron chi connectivity index (χ1n) is 12.5. The molecule has 0 unspecified atom stereocenters. The highest BCUT2D eigenvalue weighted by molar-refractivity contribution is 5.78. The van der Waals surface area contributed by atoms with Gasteiger partial charge in [0, 0.05) is 6.54 Å². The first-order valence-corrected chi connectivity index (χ1v) is 12.5. The molecule has 174 valence electrons. The van der Waals surface area contributed by atoms with Gasteiger partial charge in [-0.25, -0.2) is 0 Å². The topological polar surface area (TPSA) is 60.0 Å². The summed E-state index contributed by atoms with van der Waals surface area (Å²) in [5, 5.41) is 8.54. The lowest BCUT2D eigenvalue weighted by Crippen LogP contribution is -2.27. The van der Waals surface area contributed by atoms with E-state index in [2.05, 4.69) is 6.92 Å². The number of hydrogen-bond acceptors (Lipinski definition) is 3. The minimum absolute atomic E-state index is 0.0849. The van der Waals surface area contributed by atoms with Crippen molar-refractivity contribution in [3.63, 3.8) is 0 Å². The van der Waals surface area contributed by atoms with E-state index in [0.29, 0.717) is 5.62 Å². The summed E-state index contributed by atoms with van der Waals surface area (Å²) in [6, 6.07) is 7.95. The maximum Gasteiger partial charge on any atom is 0.325 e. The number of rotatable bonds is 17. The van der Waals surface area contributed by atoms with Crippen molar-refractivity contribution >= 4 is 17.0 Å². The molecule has 0 aliphatic carbocycles. The molecule has 5 heteroatoms. The number of unbranched alkanes of at least 4 members (excludes halogenated alkanes) is 13. The Bertz CT molecular complexity index is 822. The zero-order valence-electron chi connectivity index (χ0n) is 19.8. The summed E-state index contributed by atoms with van der Waals surface area (Å²) >= 11 is 0. The first kappa shape index (κ1) is 25.2. The van der Waals surface area contributed by atoms with E-state index >= 15 is 0 Å². The molecule has 0 spiro atoms. The van der Waals surface area contributed by atoms with Crippen LogP contribution in [0.1, 0.15) is 96.8 Å². The summed E-state index contributed by atoms with van der Waals surface area (Å²) in [5.41, 5.74) is 2.32. The van der Waals surface area contributed by atoms with E-state index < -0.39 is 0 Å². The normalized spacial score (nSPS) is 11.3. The number of nitrogens with zero attached hydrogens (tertiary/aromatic N) is 2. The Morgan fingerprint density at radius 1 is 0.774 bits per heavy atom. The van der Waals surface area contributed by atoms with E-state index in [9.17, 15) is 4.79 Å². The zero-order chi connectivity index (χ0) is 22.3. The molecule has 1 aromatic heterocycles. The standard InChI is InChI=1S/C26H43N3O2/c1-3-4-5-6-7-8-9-10-11-12-13-14-15-18-21-28-23-19-16-17-20-24(23)29(26(28)27)22-25(30)31-2/h16-17,19-20,27H,3-15,18,21-22H2,1-2H3. The van der Waals surface area contributed by atoms with Crippen LogP contribution in [0.5, 0.6) is 0 Å². The molecule has 2 rings (SSSR count). The van der Waals surface area contributed by atoms with E-state index in [0.717, 1.165) is 24.0 Å². The van der Waals surface area contributed by atoms with Crippen molar-refractivity contribution in [2.45, 2.75) is 110 Å². The lowest BCUT2D eigenvalue weighted by Gasteiger charge is -2.05. The molecule has 0 amide bonds. The summed E-state index contributed by atoms with van der Waals surface area (Å²) in [4.78, 5) is 11.7. The second kappa shape index (κ2) is 14.9. The molecule has 0 atom stereocenters. The van der Waals surface area contributed by atoms with Crippen LogP contribution in [0.2, 0.25) is 0 Å². The minimum Gasteiger partial charge on any atom is -0.468 e. The Hall–Kier alpha value is -2.04. The van der Waals surface area contributed by atoms with E-state index in [1.54, 1.807) is 4.57 Å². The third-order valence-corrected chi connectivity index (χ3v) is 6.22. The van der Waals surface area contributed by atoms with Gasteiger partial charge >= 0.3 is 5.97 Å². The van der Waals surface area contributed by atoms with Crippen LogP contribution in [0.3, 0.4) is 0 Å². The van der Waals surface area contributed by atoms with Crippen LogP contribution in [0, 0.1) is 5.41 Å². The number of para-hydroxylation sites is 2. The molecular formula is C26H43N3O2. The van der Waals surface area contributed by atoms with Crippen molar-refractivity contribution in [2.75, 3.05) is 7.11 Å². The zero-order valence-corrected chi connectivity index (χ0v) is 19.8. The smallest absolute Gasteiger partial charge is 0.325 e. The predicted octanol–water partition coefficient (Wildman–Crippen LogP) is 6.58. The molecule has 0 aliphatic heterocycles. The fourth-order valence-electron chi connectivity index (χ4n) is 4.34. The highest BCUT2D eigenvalue weighted by Crippen LogP contribution is 2.16. The summed E-state index contributed by atoms with van der Waals surface area (Å²) in [5.74, 6) is -0.321. The second-order valence-electron chi connectivity index (χ2n) is 8.72. The Balaban J connectivity index is 1.63. The van der Waals surface area contributed by atoms with Crippen molar-refractivity contribution in [2.24, 2.45) is 0 Å². The molecule has 0 bridgehead atoms. The number of aryl methyl sites for hydroxylation is 1. The monoisotopic (exact) mass is 429 g/mol. The minimum atomic E-state index is -0.321. The van der Waals surface area contributed by atoms with Crippen molar-refractivity contribution in [3.8, 4) is 0 Å². The van der Waals surface area contributed by atoms with Crippen LogP contribution in [-0.2, 0) is 22.6 Å².